The molecule has 0 saturated carbocycles. The first-order chi connectivity index (χ1) is 14.0. The average Bonchev–Trinajstić information content (AvgIpc) is 3.19. The third-order valence-corrected chi connectivity index (χ3v) is 4.72. The number of hydrogen-bond acceptors (Lipinski definition) is 3. The number of halogens is 1. The zero-order chi connectivity index (χ0) is 20.8. The van der Waals surface area contributed by atoms with E-state index in [-0.39, 0.29) is 0 Å². The first kappa shape index (κ1) is 20.3. The lowest BCUT2D eigenvalue weighted by molar-refractivity contribution is -0.118. The summed E-state index contributed by atoms with van der Waals surface area (Å²) in [6.45, 7) is 1.90. The van der Waals surface area contributed by atoms with E-state index in [1.54, 1.807) is 25.6 Å². The van der Waals surface area contributed by atoms with E-state index in [4.69, 9.17) is 4.74 Å². The number of likely N-dealkylation sites (N-methyl/N-ethyl adjacent to an activating group) is 1. The van der Waals surface area contributed by atoms with E-state index < -0.39 is 11.7 Å². The molecule has 0 fully saturated rings. The normalized spacial score (nSPS) is 11.7. The Morgan fingerprint density at radius 3 is 2.59 bits per heavy atom. The second kappa shape index (κ2) is 9.19. The number of ether oxygens (including phenoxy) is 1. The van der Waals surface area contributed by atoms with Gasteiger partial charge in [-0.1, -0.05) is 36.4 Å². The van der Waals surface area contributed by atoms with Gasteiger partial charge in [0, 0.05) is 18.8 Å². The molecular weight excluding hydrogens is 369 g/mol. The Bertz CT molecular complexity index is 1030. The Labute approximate surface area is 169 Å². The van der Waals surface area contributed by atoms with Gasteiger partial charge in [0.25, 0.3) is 5.91 Å². The van der Waals surface area contributed by atoms with Gasteiger partial charge in [0.15, 0.2) is 5.83 Å². The first-order valence-electron chi connectivity index (χ1n) is 9.37. The number of imidazole rings is 1. The molecule has 1 amide bonds. The number of amides is 1. The standard InChI is InChI=1S/C23H24FN3O2/c1-16-14-27(15-26-16)20-12-10-18(13-21(20)29-3)19(22(24)23(28)25-2)11-9-17-7-5-4-6-8-17/h4-8,10,12-15H,9,11H2,1-3H3,(H,25,28). The number of carbonyl (C=O) groups excluding carboxylic acids is 1. The van der Waals surface area contributed by atoms with Gasteiger partial charge in [-0.3, -0.25) is 4.79 Å². The van der Waals surface area contributed by atoms with Crippen LogP contribution in [0.3, 0.4) is 0 Å². The summed E-state index contributed by atoms with van der Waals surface area (Å²) >= 11 is 0. The summed E-state index contributed by atoms with van der Waals surface area (Å²) in [6.07, 6.45) is 4.58. The van der Waals surface area contributed by atoms with Crippen LogP contribution in [0.1, 0.15) is 23.2 Å². The summed E-state index contributed by atoms with van der Waals surface area (Å²) in [5.74, 6) is -0.945. The van der Waals surface area contributed by atoms with Crippen molar-refractivity contribution in [3.63, 3.8) is 0 Å². The van der Waals surface area contributed by atoms with Crippen molar-refractivity contribution in [2.45, 2.75) is 19.8 Å². The van der Waals surface area contributed by atoms with Crippen molar-refractivity contribution in [2.75, 3.05) is 14.2 Å². The maximum atomic E-state index is 14.9. The number of rotatable bonds is 7. The highest BCUT2D eigenvalue weighted by Gasteiger charge is 2.18. The second-order valence-corrected chi connectivity index (χ2v) is 6.67. The molecule has 5 nitrogen and oxygen atoms in total. The molecule has 1 aromatic heterocycles. The van der Waals surface area contributed by atoms with Crippen molar-refractivity contribution >= 4 is 11.5 Å². The third-order valence-electron chi connectivity index (χ3n) is 4.72. The highest BCUT2D eigenvalue weighted by atomic mass is 19.1. The summed E-state index contributed by atoms with van der Waals surface area (Å²) in [6, 6.07) is 15.2. The van der Waals surface area contributed by atoms with Crippen molar-refractivity contribution in [1.82, 2.24) is 14.9 Å². The number of allylic oxidation sites excluding steroid dienone is 1. The van der Waals surface area contributed by atoms with E-state index in [9.17, 15) is 9.18 Å². The minimum Gasteiger partial charge on any atom is -0.495 e. The fraction of sp³-hybridized carbons (Fsp3) is 0.217. The molecule has 0 unspecified atom stereocenters. The molecule has 1 heterocycles. The summed E-state index contributed by atoms with van der Waals surface area (Å²) in [5, 5.41) is 2.37. The predicted molar refractivity (Wildman–Crippen MR) is 112 cm³/mol. The molecule has 0 aliphatic heterocycles. The molecule has 1 N–H and O–H groups in total. The number of carbonyl (C=O) groups is 1. The van der Waals surface area contributed by atoms with E-state index >= 15 is 0 Å². The number of methoxy groups -OCH3 is 1. The van der Waals surface area contributed by atoms with Gasteiger partial charge in [0.05, 0.1) is 24.8 Å². The Balaban J connectivity index is 1.99. The maximum absolute atomic E-state index is 14.9. The molecule has 0 atom stereocenters. The first-order valence-corrected chi connectivity index (χ1v) is 9.37. The second-order valence-electron chi connectivity index (χ2n) is 6.67. The van der Waals surface area contributed by atoms with Crippen LogP contribution in [0.2, 0.25) is 0 Å². The van der Waals surface area contributed by atoms with Crippen LogP contribution < -0.4 is 10.1 Å². The summed E-state index contributed by atoms with van der Waals surface area (Å²) in [7, 11) is 2.98. The van der Waals surface area contributed by atoms with Crippen LogP contribution in [-0.2, 0) is 11.2 Å². The average molecular weight is 393 g/mol. The largest absolute Gasteiger partial charge is 0.495 e. The number of aromatic nitrogens is 2. The minimum absolute atomic E-state index is 0.347. The highest BCUT2D eigenvalue weighted by Crippen LogP contribution is 2.32. The topological polar surface area (TPSA) is 56.2 Å². The maximum Gasteiger partial charge on any atom is 0.280 e. The summed E-state index contributed by atoms with van der Waals surface area (Å²) in [5.41, 5.74) is 3.70. The number of hydrogen-bond donors (Lipinski definition) is 1. The van der Waals surface area contributed by atoms with E-state index in [2.05, 4.69) is 10.3 Å². The van der Waals surface area contributed by atoms with Gasteiger partial charge in [-0.15, -0.1) is 0 Å². The quantitative estimate of drug-likeness (QED) is 0.611. The molecule has 0 radical (unpaired) electrons. The van der Waals surface area contributed by atoms with Crippen molar-refractivity contribution in [3.05, 3.63) is 83.7 Å². The van der Waals surface area contributed by atoms with Crippen molar-refractivity contribution in [1.29, 1.82) is 0 Å². The fourth-order valence-corrected chi connectivity index (χ4v) is 3.17. The molecular formula is C23H24FN3O2. The molecule has 0 aliphatic carbocycles. The summed E-state index contributed by atoms with van der Waals surface area (Å²) < 4.78 is 22.3. The van der Waals surface area contributed by atoms with Gasteiger partial charge in [-0.2, -0.15) is 0 Å². The van der Waals surface area contributed by atoms with E-state index in [1.165, 1.54) is 7.05 Å². The van der Waals surface area contributed by atoms with Crippen molar-refractivity contribution in [3.8, 4) is 11.4 Å². The van der Waals surface area contributed by atoms with Crippen LogP contribution in [0.4, 0.5) is 4.39 Å². The Kier molecular flexibility index (Phi) is 6.44. The van der Waals surface area contributed by atoms with E-state index in [1.807, 2.05) is 54.1 Å². The Morgan fingerprint density at radius 2 is 1.97 bits per heavy atom. The van der Waals surface area contributed by atoms with Crippen LogP contribution in [0.5, 0.6) is 5.75 Å². The molecule has 0 aliphatic rings. The van der Waals surface area contributed by atoms with Gasteiger partial charge >= 0.3 is 0 Å². The van der Waals surface area contributed by atoms with Crippen LogP contribution in [-0.4, -0.2) is 29.6 Å². The van der Waals surface area contributed by atoms with Gasteiger partial charge in [0.2, 0.25) is 0 Å². The minimum atomic E-state index is -0.781. The zero-order valence-electron chi connectivity index (χ0n) is 16.8. The smallest absolute Gasteiger partial charge is 0.280 e. The monoisotopic (exact) mass is 393 g/mol. The number of nitrogens with zero attached hydrogens (tertiary/aromatic N) is 2. The third kappa shape index (κ3) is 4.71. The van der Waals surface area contributed by atoms with E-state index in [0.29, 0.717) is 29.7 Å². The van der Waals surface area contributed by atoms with E-state index in [0.717, 1.165) is 16.9 Å². The number of benzene rings is 2. The molecule has 6 heteroatoms. The van der Waals surface area contributed by atoms with Gasteiger partial charge < -0.3 is 14.6 Å². The Hall–Kier alpha value is -3.41. The molecule has 0 spiro atoms. The van der Waals surface area contributed by atoms with Gasteiger partial charge in [-0.05, 0) is 43.0 Å². The molecule has 150 valence electrons. The SMILES string of the molecule is CNC(=O)C(F)=C(CCc1ccccc1)c1ccc(-n2cnc(C)c2)c(OC)c1. The number of aryl methyl sites for hydroxylation is 2. The Morgan fingerprint density at radius 1 is 1.21 bits per heavy atom. The van der Waals surface area contributed by atoms with Gasteiger partial charge in [-0.25, -0.2) is 9.37 Å². The zero-order valence-corrected chi connectivity index (χ0v) is 16.8. The fourth-order valence-electron chi connectivity index (χ4n) is 3.17. The van der Waals surface area contributed by atoms with Crippen LogP contribution >= 0.6 is 0 Å². The van der Waals surface area contributed by atoms with Crippen molar-refractivity contribution in [2.24, 2.45) is 0 Å². The lowest BCUT2D eigenvalue weighted by atomic mass is 9.96. The molecule has 0 bridgehead atoms. The van der Waals surface area contributed by atoms with Crippen LogP contribution in [0, 0.1) is 6.92 Å². The molecule has 29 heavy (non-hydrogen) atoms. The lowest BCUT2D eigenvalue weighted by Gasteiger charge is -2.14. The van der Waals surface area contributed by atoms with Crippen molar-refractivity contribution < 1.29 is 13.9 Å². The number of nitrogens with one attached hydrogen (secondary N) is 1. The molecule has 3 aromatic rings. The summed E-state index contributed by atoms with van der Waals surface area (Å²) in [4.78, 5) is 16.2. The van der Waals surface area contributed by atoms with Crippen LogP contribution in [0.25, 0.3) is 11.3 Å². The highest BCUT2D eigenvalue weighted by molar-refractivity contribution is 5.99. The molecule has 3 rings (SSSR count). The van der Waals surface area contributed by atoms with Gasteiger partial charge in [0.1, 0.15) is 5.75 Å². The van der Waals surface area contributed by atoms with Crippen LogP contribution in [0.15, 0.2) is 66.9 Å². The molecule has 0 saturated heterocycles. The lowest BCUT2D eigenvalue weighted by Crippen LogP contribution is -2.19. The molecule has 2 aromatic carbocycles. The predicted octanol–water partition coefficient (Wildman–Crippen LogP) is 4.25.